The minimum atomic E-state index is -0.611. The zero-order chi connectivity index (χ0) is 16.9. The molecule has 2 atom stereocenters. The van der Waals surface area contributed by atoms with Gasteiger partial charge in [-0.25, -0.2) is 4.79 Å². The van der Waals surface area contributed by atoms with Crippen molar-refractivity contribution in [3.05, 3.63) is 48.1 Å². The third-order valence-electron chi connectivity index (χ3n) is 4.34. The van der Waals surface area contributed by atoms with Crippen molar-refractivity contribution in [3.8, 4) is 0 Å². The van der Waals surface area contributed by atoms with Crippen LogP contribution in [-0.2, 0) is 14.3 Å². The molecule has 24 heavy (non-hydrogen) atoms. The molecule has 2 aliphatic rings. The predicted octanol–water partition coefficient (Wildman–Crippen LogP) is 2.99. The molecule has 0 saturated heterocycles. The fourth-order valence-corrected chi connectivity index (χ4v) is 3.03. The number of nitrogens with zero attached hydrogens (tertiary/aromatic N) is 1. The van der Waals surface area contributed by atoms with E-state index >= 15 is 0 Å². The van der Waals surface area contributed by atoms with Gasteiger partial charge in [-0.1, -0.05) is 36.4 Å². The molecule has 1 heterocycles. The summed E-state index contributed by atoms with van der Waals surface area (Å²) in [6.07, 6.45) is 10.2. The van der Waals surface area contributed by atoms with E-state index in [1.54, 1.807) is 12.2 Å². The van der Waals surface area contributed by atoms with E-state index in [9.17, 15) is 9.59 Å². The van der Waals surface area contributed by atoms with Crippen molar-refractivity contribution in [1.82, 2.24) is 0 Å². The number of methoxy groups -OCH3 is 1. The number of allylic oxidation sites excluding steroid dienone is 2. The first-order chi connectivity index (χ1) is 11.7. The van der Waals surface area contributed by atoms with Gasteiger partial charge < -0.3 is 10.1 Å². The Kier molecular flexibility index (Phi) is 4.89. The zero-order valence-electron chi connectivity index (χ0n) is 13.6. The second-order valence-corrected chi connectivity index (χ2v) is 5.91. The van der Waals surface area contributed by atoms with Gasteiger partial charge in [0.05, 0.1) is 7.11 Å². The summed E-state index contributed by atoms with van der Waals surface area (Å²) >= 11 is 0. The molecule has 1 N–H and O–H groups in total. The van der Waals surface area contributed by atoms with Gasteiger partial charge in [0.2, 0.25) is 5.91 Å². The van der Waals surface area contributed by atoms with Gasteiger partial charge in [0, 0.05) is 5.69 Å². The topological polar surface area (TPSA) is 67.8 Å². The first-order valence-electron chi connectivity index (χ1n) is 8.08. The van der Waals surface area contributed by atoms with Crippen molar-refractivity contribution in [2.24, 2.45) is 10.9 Å². The summed E-state index contributed by atoms with van der Waals surface area (Å²) in [6.45, 7) is 0. The molecule has 0 aromatic heterocycles. The van der Waals surface area contributed by atoms with Crippen molar-refractivity contribution < 1.29 is 14.3 Å². The van der Waals surface area contributed by atoms with Crippen LogP contribution in [0.3, 0.4) is 0 Å². The average molecular weight is 324 g/mol. The Labute approximate surface area is 141 Å². The summed E-state index contributed by atoms with van der Waals surface area (Å²) in [5.41, 5.74) is 1.71. The Morgan fingerprint density at radius 1 is 1.25 bits per heavy atom. The number of amides is 1. The number of carbonyl (C=O) groups is 2. The van der Waals surface area contributed by atoms with Crippen LogP contribution >= 0.6 is 0 Å². The second-order valence-electron chi connectivity index (χ2n) is 5.91. The summed E-state index contributed by atoms with van der Waals surface area (Å²) in [5.74, 6) is -0.643. The number of ether oxygens (including phenoxy) is 1. The van der Waals surface area contributed by atoms with E-state index in [2.05, 4.69) is 22.5 Å². The molecule has 0 radical (unpaired) electrons. The molecule has 0 spiro atoms. The predicted molar refractivity (Wildman–Crippen MR) is 93.8 cm³/mol. The maximum atomic E-state index is 12.8. The van der Waals surface area contributed by atoms with Gasteiger partial charge in [-0.2, -0.15) is 0 Å². The number of aliphatic imine (C=N–C) groups is 1. The lowest BCUT2D eigenvalue weighted by atomic mass is 9.87. The smallest absolute Gasteiger partial charge is 0.356 e. The normalized spacial score (nSPS) is 24.5. The third-order valence-corrected chi connectivity index (χ3v) is 4.34. The summed E-state index contributed by atoms with van der Waals surface area (Å²) in [4.78, 5) is 29.3. The van der Waals surface area contributed by atoms with E-state index in [1.807, 2.05) is 24.3 Å². The van der Waals surface area contributed by atoms with Gasteiger partial charge in [0.15, 0.2) is 0 Å². The summed E-state index contributed by atoms with van der Waals surface area (Å²) < 4.78 is 4.82. The molecule has 1 aromatic carbocycles. The molecule has 3 rings (SSSR count). The number of para-hydroxylation sites is 1. The number of benzene rings is 1. The monoisotopic (exact) mass is 324 g/mol. The highest BCUT2D eigenvalue weighted by molar-refractivity contribution is 6.42. The number of carbonyl (C=O) groups excluding carboxylic acids is 2. The SMILES string of the molecule is COC(=O)C1=NC(C2CC=CCC2)C(=O)Nc2ccccc2/C=C/1. The first kappa shape index (κ1) is 16.2. The standard InChI is InChI=1S/C19H20N2O3/c1-24-19(23)16-12-11-13-7-5-6-10-15(13)21-18(22)17(20-16)14-8-3-2-4-9-14/h2-3,5-7,10-12,14,17H,4,8-9H2,1H3,(H,21,22)/b12-11+,20-16?. The Morgan fingerprint density at radius 2 is 2.08 bits per heavy atom. The number of hydrogen-bond acceptors (Lipinski definition) is 4. The van der Waals surface area contributed by atoms with E-state index in [4.69, 9.17) is 4.74 Å². The molecule has 1 aromatic rings. The highest BCUT2D eigenvalue weighted by Crippen LogP contribution is 2.27. The minimum Gasteiger partial charge on any atom is -0.464 e. The van der Waals surface area contributed by atoms with Crippen LogP contribution in [0.5, 0.6) is 0 Å². The number of rotatable bonds is 2. The van der Waals surface area contributed by atoms with Gasteiger partial charge in [0.1, 0.15) is 11.8 Å². The first-order valence-corrected chi connectivity index (χ1v) is 8.08. The molecule has 124 valence electrons. The van der Waals surface area contributed by atoms with E-state index in [0.717, 1.165) is 30.5 Å². The second kappa shape index (κ2) is 7.25. The highest BCUT2D eigenvalue weighted by atomic mass is 16.5. The third kappa shape index (κ3) is 3.45. The Morgan fingerprint density at radius 3 is 2.83 bits per heavy atom. The van der Waals surface area contributed by atoms with Crippen LogP contribution in [0.25, 0.3) is 6.08 Å². The van der Waals surface area contributed by atoms with E-state index in [1.165, 1.54) is 7.11 Å². The average Bonchev–Trinajstić information content (AvgIpc) is 2.69. The Bertz CT molecular complexity index is 734. The molecular weight excluding hydrogens is 304 g/mol. The number of esters is 1. The summed E-state index contributed by atoms with van der Waals surface area (Å²) in [6, 6.07) is 6.86. The molecule has 1 aliphatic heterocycles. The zero-order valence-corrected chi connectivity index (χ0v) is 13.6. The summed E-state index contributed by atoms with van der Waals surface area (Å²) in [7, 11) is 1.32. The molecule has 5 nitrogen and oxygen atoms in total. The van der Waals surface area contributed by atoms with Crippen LogP contribution in [0.4, 0.5) is 5.69 Å². The molecule has 1 aliphatic carbocycles. The number of hydrogen-bond donors (Lipinski definition) is 1. The van der Waals surface area contributed by atoms with Crippen molar-refractivity contribution in [2.75, 3.05) is 12.4 Å². The van der Waals surface area contributed by atoms with Gasteiger partial charge in [-0.15, -0.1) is 0 Å². The highest BCUT2D eigenvalue weighted by Gasteiger charge is 2.30. The van der Waals surface area contributed by atoms with Gasteiger partial charge >= 0.3 is 5.97 Å². The molecule has 0 saturated carbocycles. The molecule has 2 unspecified atom stereocenters. The van der Waals surface area contributed by atoms with Crippen LogP contribution in [0.15, 0.2) is 47.5 Å². The van der Waals surface area contributed by atoms with E-state index in [0.29, 0.717) is 0 Å². The van der Waals surface area contributed by atoms with Crippen molar-refractivity contribution in [2.45, 2.75) is 25.3 Å². The van der Waals surface area contributed by atoms with Gasteiger partial charge in [-0.3, -0.25) is 9.79 Å². The number of fused-ring (bicyclic) bond motifs is 1. The minimum absolute atomic E-state index is 0.0771. The maximum Gasteiger partial charge on any atom is 0.356 e. The van der Waals surface area contributed by atoms with E-state index < -0.39 is 12.0 Å². The lowest BCUT2D eigenvalue weighted by Gasteiger charge is -2.24. The van der Waals surface area contributed by atoms with Gasteiger partial charge in [0.25, 0.3) is 0 Å². The van der Waals surface area contributed by atoms with Crippen LogP contribution < -0.4 is 5.32 Å². The lowest BCUT2D eigenvalue weighted by Crippen LogP contribution is -2.35. The fourth-order valence-electron chi connectivity index (χ4n) is 3.03. The van der Waals surface area contributed by atoms with Crippen molar-refractivity contribution in [1.29, 1.82) is 0 Å². The maximum absolute atomic E-state index is 12.8. The summed E-state index contributed by atoms with van der Waals surface area (Å²) in [5, 5.41) is 2.95. The fraction of sp³-hybridized carbons (Fsp3) is 0.316. The van der Waals surface area contributed by atoms with Crippen molar-refractivity contribution >= 4 is 29.4 Å². The Balaban J connectivity index is 2.03. The van der Waals surface area contributed by atoms with Crippen LogP contribution in [0.2, 0.25) is 0 Å². The quantitative estimate of drug-likeness (QED) is 0.672. The van der Waals surface area contributed by atoms with Crippen LogP contribution in [-0.4, -0.2) is 30.7 Å². The number of anilines is 1. The molecule has 5 heteroatoms. The van der Waals surface area contributed by atoms with E-state index in [-0.39, 0.29) is 17.5 Å². The molecule has 1 amide bonds. The molecular formula is C19H20N2O3. The largest absolute Gasteiger partial charge is 0.464 e. The van der Waals surface area contributed by atoms with Crippen LogP contribution in [0, 0.1) is 5.92 Å². The van der Waals surface area contributed by atoms with Crippen molar-refractivity contribution in [3.63, 3.8) is 0 Å². The Hall–Kier alpha value is -2.69. The van der Waals surface area contributed by atoms with Gasteiger partial charge in [-0.05, 0) is 42.9 Å². The molecule has 0 bridgehead atoms. The molecule has 0 fully saturated rings. The lowest BCUT2D eigenvalue weighted by molar-refractivity contribution is -0.132. The van der Waals surface area contributed by atoms with Crippen LogP contribution in [0.1, 0.15) is 24.8 Å². The number of nitrogens with one attached hydrogen (secondary N) is 1.